The number of esters is 2. The van der Waals surface area contributed by atoms with E-state index in [0.29, 0.717) is 13.0 Å². The van der Waals surface area contributed by atoms with Crippen molar-refractivity contribution >= 4 is 19.8 Å². The highest BCUT2D eigenvalue weighted by Crippen LogP contribution is 2.43. The Morgan fingerprint density at radius 3 is 1.69 bits per heavy atom. The lowest BCUT2D eigenvalue weighted by Crippen LogP contribution is -2.29. The largest absolute Gasteiger partial charge is 0.472 e. The molecule has 0 rings (SSSR count). The van der Waals surface area contributed by atoms with Gasteiger partial charge in [-0.15, -0.1) is 0 Å². The molecule has 0 fully saturated rings. The highest BCUT2D eigenvalue weighted by Gasteiger charge is 2.26. The third-order valence-corrected chi connectivity index (χ3v) is 8.90. The second kappa shape index (κ2) is 34.7. The number of hydrogen-bond acceptors (Lipinski definition) is 8. The van der Waals surface area contributed by atoms with Gasteiger partial charge in [-0.25, -0.2) is 4.57 Å². The van der Waals surface area contributed by atoms with E-state index in [2.05, 4.69) is 50.3 Å². The molecule has 0 amide bonds. The van der Waals surface area contributed by atoms with Gasteiger partial charge in [0.05, 0.1) is 13.2 Å². The molecule has 0 aromatic carbocycles. The second-order valence-corrected chi connectivity index (χ2v) is 14.6. The molecule has 0 aromatic heterocycles. The van der Waals surface area contributed by atoms with Gasteiger partial charge in [0.15, 0.2) is 6.10 Å². The Hall–Kier alpha value is -1.77. The molecule has 0 radical (unpaired) electrons. The summed E-state index contributed by atoms with van der Waals surface area (Å²) in [7, 11) is -0.722. The third kappa shape index (κ3) is 35.8. The smallest absolute Gasteiger partial charge is 0.462 e. The number of carbonyl (C=O) groups excluding carboxylic acids is 2. The van der Waals surface area contributed by atoms with E-state index in [1.165, 1.54) is 38.5 Å². The molecule has 0 aliphatic heterocycles. The number of rotatable bonds is 35. The summed E-state index contributed by atoms with van der Waals surface area (Å²) < 4.78 is 33.3. The third-order valence-electron chi connectivity index (χ3n) is 7.92. The van der Waals surface area contributed by atoms with Gasteiger partial charge in [-0.1, -0.05) is 115 Å². The zero-order valence-electron chi connectivity index (χ0n) is 31.6. The van der Waals surface area contributed by atoms with E-state index in [1.807, 2.05) is 19.0 Å². The van der Waals surface area contributed by atoms with Crippen molar-refractivity contribution in [3.63, 3.8) is 0 Å². The summed E-state index contributed by atoms with van der Waals surface area (Å²) in [5.41, 5.74) is 0. The average Bonchev–Trinajstić information content (AvgIpc) is 3.06. The van der Waals surface area contributed by atoms with Crippen molar-refractivity contribution in [2.75, 3.05) is 40.5 Å². The van der Waals surface area contributed by atoms with Gasteiger partial charge >= 0.3 is 19.8 Å². The molecule has 0 spiro atoms. The van der Waals surface area contributed by atoms with E-state index in [-0.39, 0.29) is 32.0 Å². The van der Waals surface area contributed by atoms with Crippen molar-refractivity contribution in [3.05, 3.63) is 36.5 Å². The fraction of sp³-hybridized carbons (Fsp3) is 0.795. The molecule has 2 unspecified atom stereocenters. The first kappa shape index (κ1) is 47.2. The van der Waals surface area contributed by atoms with Crippen molar-refractivity contribution in [1.82, 2.24) is 4.90 Å². The minimum atomic E-state index is -4.36. The monoisotopic (exact) mass is 713 g/mol. The zero-order chi connectivity index (χ0) is 36.3. The van der Waals surface area contributed by atoms with E-state index < -0.39 is 26.5 Å². The van der Waals surface area contributed by atoms with Crippen LogP contribution in [0.15, 0.2) is 36.5 Å². The van der Waals surface area contributed by atoms with Gasteiger partial charge < -0.3 is 19.3 Å². The van der Waals surface area contributed by atoms with Gasteiger partial charge in [-0.3, -0.25) is 18.6 Å². The van der Waals surface area contributed by atoms with Crippen LogP contribution in [0.2, 0.25) is 0 Å². The zero-order valence-corrected chi connectivity index (χ0v) is 32.5. The predicted molar refractivity (Wildman–Crippen MR) is 201 cm³/mol. The lowest BCUT2D eigenvalue weighted by Gasteiger charge is -2.20. The SMILES string of the molecule is CCCC/C=C\CCCCCCCC(=O)OC(COC(=O)CCCCCCC/C=C\C/C=C\CCCCC)COP(=O)(O)OCCN(C)C. The lowest BCUT2D eigenvalue weighted by atomic mass is 10.1. The molecular weight excluding hydrogens is 641 g/mol. The highest BCUT2D eigenvalue weighted by molar-refractivity contribution is 7.47. The van der Waals surface area contributed by atoms with Crippen molar-refractivity contribution < 1.29 is 37.6 Å². The Morgan fingerprint density at radius 1 is 0.633 bits per heavy atom. The maximum Gasteiger partial charge on any atom is 0.472 e. The van der Waals surface area contributed by atoms with Gasteiger partial charge in [0.1, 0.15) is 6.61 Å². The van der Waals surface area contributed by atoms with Crippen LogP contribution in [0, 0.1) is 0 Å². The van der Waals surface area contributed by atoms with Crippen LogP contribution in [0.25, 0.3) is 0 Å². The Bertz CT molecular complexity index is 921. The summed E-state index contributed by atoms with van der Waals surface area (Å²) in [4.78, 5) is 36.8. The first-order chi connectivity index (χ1) is 23.7. The molecule has 0 aromatic rings. The van der Waals surface area contributed by atoms with Gasteiger partial charge in [0, 0.05) is 19.4 Å². The highest BCUT2D eigenvalue weighted by atomic mass is 31.2. The van der Waals surface area contributed by atoms with Crippen molar-refractivity contribution in [1.29, 1.82) is 0 Å². The van der Waals surface area contributed by atoms with E-state index >= 15 is 0 Å². The van der Waals surface area contributed by atoms with Crippen LogP contribution in [0.3, 0.4) is 0 Å². The number of unbranched alkanes of at least 4 members (excludes halogenated alkanes) is 15. The van der Waals surface area contributed by atoms with Gasteiger partial charge in [-0.2, -0.15) is 0 Å². The number of hydrogen-bond donors (Lipinski definition) is 1. The van der Waals surface area contributed by atoms with Crippen LogP contribution in [-0.4, -0.2) is 68.3 Å². The maximum atomic E-state index is 12.6. The average molecular weight is 714 g/mol. The Labute approximate surface area is 299 Å². The number of ether oxygens (including phenoxy) is 2. The Kier molecular flexibility index (Phi) is 33.4. The fourth-order valence-electron chi connectivity index (χ4n) is 4.87. The van der Waals surface area contributed by atoms with Gasteiger partial charge in [0.25, 0.3) is 0 Å². The van der Waals surface area contributed by atoms with Crippen molar-refractivity contribution in [2.24, 2.45) is 0 Å². The molecule has 1 N–H and O–H groups in total. The van der Waals surface area contributed by atoms with Crippen molar-refractivity contribution in [3.8, 4) is 0 Å². The van der Waals surface area contributed by atoms with Crippen LogP contribution >= 0.6 is 7.82 Å². The number of phosphoric ester groups is 1. The fourth-order valence-corrected chi connectivity index (χ4v) is 5.61. The lowest BCUT2D eigenvalue weighted by molar-refractivity contribution is -0.161. The summed E-state index contributed by atoms with van der Waals surface area (Å²) in [5, 5.41) is 0. The summed E-state index contributed by atoms with van der Waals surface area (Å²) in [5.74, 6) is -0.833. The van der Waals surface area contributed by atoms with Crippen LogP contribution < -0.4 is 0 Å². The molecule has 10 heteroatoms. The minimum Gasteiger partial charge on any atom is -0.462 e. The first-order valence-electron chi connectivity index (χ1n) is 19.3. The Morgan fingerprint density at radius 2 is 1.12 bits per heavy atom. The normalized spacial score (nSPS) is 13.9. The molecule has 0 aliphatic carbocycles. The predicted octanol–water partition coefficient (Wildman–Crippen LogP) is 10.4. The Balaban J connectivity index is 4.38. The van der Waals surface area contributed by atoms with Crippen LogP contribution in [0.4, 0.5) is 0 Å². The number of phosphoric acid groups is 1. The summed E-state index contributed by atoms with van der Waals surface area (Å²) in [6.45, 7) is 4.21. The van der Waals surface area contributed by atoms with E-state index in [1.54, 1.807) is 0 Å². The maximum absolute atomic E-state index is 12.6. The quantitative estimate of drug-likeness (QED) is 0.0297. The molecule has 9 nitrogen and oxygen atoms in total. The summed E-state index contributed by atoms with van der Waals surface area (Å²) in [6.07, 6.45) is 34.7. The summed E-state index contributed by atoms with van der Waals surface area (Å²) in [6, 6.07) is 0. The minimum absolute atomic E-state index is 0.00289. The number of likely N-dealkylation sites (N-methyl/N-ethyl adjacent to an activating group) is 1. The molecule has 286 valence electrons. The van der Waals surface area contributed by atoms with Crippen LogP contribution in [-0.2, 0) is 32.7 Å². The summed E-state index contributed by atoms with van der Waals surface area (Å²) >= 11 is 0. The second-order valence-electron chi connectivity index (χ2n) is 13.1. The molecule has 0 aliphatic rings. The molecule has 0 saturated heterocycles. The van der Waals surface area contributed by atoms with Crippen molar-refractivity contribution in [2.45, 2.75) is 161 Å². The number of nitrogens with zero attached hydrogens (tertiary/aromatic N) is 1. The van der Waals surface area contributed by atoms with E-state index in [4.69, 9.17) is 18.5 Å². The standard InChI is InChI=1S/C39H72NO8P/c1-5-7-9-11-13-15-17-18-19-20-22-23-25-27-29-31-38(41)45-35-37(36-47-49(43,44)46-34-33-40(3)4)48-39(42)32-30-28-26-24-21-16-14-12-10-8-6-2/h12-15,18-19,37H,5-11,16-17,20-36H2,1-4H3,(H,43,44)/b14-12-,15-13-,19-18-. The van der Waals surface area contributed by atoms with Crippen LogP contribution in [0.5, 0.6) is 0 Å². The van der Waals surface area contributed by atoms with Gasteiger partial charge in [0.2, 0.25) is 0 Å². The van der Waals surface area contributed by atoms with Crippen LogP contribution in [0.1, 0.15) is 155 Å². The molecule has 0 heterocycles. The topological polar surface area (TPSA) is 112 Å². The van der Waals surface area contributed by atoms with E-state index in [0.717, 1.165) is 83.5 Å². The molecule has 49 heavy (non-hydrogen) atoms. The number of allylic oxidation sites excluding steroid dienone is 6. The number of carbonyl (C=O) groups is 2. The molecular formula is C39H72NO8P. The first-order valence-corrected chi connectivity index (χ1v) is 20.8. The van der Waals surface area contributed by atoms with E-state index in [9.17, 15) is 19.0 Å². The van der Waals surface area contributed by atoms with Gasteiger partial charge in [-0.05, 0) is 78.3 Å². The molecule has 0 bridgehead atoms. The molecule has 0 saturated carbocycles. The molecule has 2 atom stereocenters.